The molecule has 7 heteroatoms. The second-order valence-electron chi connectivity index (χ2n) is 7.89. The van der Waals surface area contributed by atoms with E-state index in [0.717, 1.165) is 5.56 Å². The van der Waals surface area contributed by atoms with Crippen LogP contribution < -0.4 is 11.1 Å². The Morgan fingerprint density at radius 3 is 2.30 bits per heavy atom. The van der Waals surface area contributed by atoms with Gasteiger partial charge in [0, 0.05) is 25.4 Å². The number of alkyl carbamates (subject to hydrolysis) is 1. The molecular formula is C20H29N3O4. The number of carbonyl (C=O) groups excluding carboxylic acids is 3. The fraction of sp³-hybridized carbons (Fsp3) is 0.550. The second kappa shape index (κ2) is 8.88. The number of benzene rings is 1. The van der Waals surface area contributed by atoms with Gasteiger partial charge in [0.1, 0.15) is 11.6 Å². The van der Waals surface area contributed by atoms with Crippen LogP contribution in [0, 0.1) is 5.92 Å². The van der Waals surface area contributed by atoms with Crippen molar-refractivity contribution < 1.29 is 19.1 Å². The molecule has 1 unspecified atom stereocenters. The van der Waals surface area contributed by atoms with Crippen LogP contribution in [0.2, 0.25) is 0 Å². The lowest BCUT2D eigenvalue weighted by Crippen LogP contribution is -2.53. The number of carbonyl (C=O) groups is 3. The molecular weight excluding hydrogens is 346 g/mol. The third kappa shape index (κ3) is 6.58. The van der Waals surface area contributed by atoms with Crippen molar-refractivity contribution in [3.8, 4) is 0 Å². The number of ether oxygens (including phenoxy) is 1. The molecule has 0 aliphatic carbocycles. The fourth-order valence-electron chi connectivity index (χ4n) is 3.10. The molecule has 0 radical (unpaired) electrons. The molecule has 27 heavy (non-hydrogen) atoms. The van der Waals surface area contributed by atoms with E-state index < -0.39 is 17.7 Å². The van der Waals surface area contributed by atoms with Gasteiger partial charge in [-0.15, -0.1) is 0 Å². The zero-order valence-electron chi connectivity index (χ0n) is 16.2. The minimum Gasteiger partial charge on any atom is -0.444 e. The number of amides is 3. The molecule has 2 rings (SSSR count). The summed E-state index contributed by atoms with van der Waals surface area (Å²) in [6.45, 7) is 6.22. The van der Waals surface area contributed by atoms with Gasteiger partial charge in [0.25, 0.3) is 0 Å². The van der Waals surface area contributed by atoms with E-state index in [9.17, 15) is 14.4 Å². The van der Waals surface area contributed by atoms with Crippen LogP contribution in [0.1, 0.15) is 39.2 Å². The molecule has 1 heterocycles. The first kappa shape index (κ1) is 20.7. The van der Waals surface area contributed by atoms with Crippen LogP contribution in [-0.2, 0) is 20.7 Å². The van der Waals surface area contributed by atoms with Crippen LogP contribution in [-0.4, -0.2) is 47.5 Å². The lowest BCUT2D eigenvalue weighted by molar-refractivity contribution is -0.136. The van der Waals surface area contributed by atoms with Crippen molar-refractivity contribution in [1.29, 1.82) is 0 Å². The number of nitrogens with two attached hydrogens (primary N) is 1. The van der Waals surface area contributed by atoms with E-state index in [0.29, 0.717) is 32.4 Å². The maximum absolute atomic E-state index is 13.0. The highest BCUT2D eigenvalue weighted by molar-refractivity contribution is 5.86. The van der Waals surface area contributed by atoms with Crippen LogP contribution in [0.15, 0.2) is 30.3 Å². The van der Waals surface area contributed by atoms with Crippen molar-refractivity contribution >= 4 is 17.9 Å². The summed E-state index contributed by atoms with van der Waals surface area (Å²) in [5.74, 6) is -0.692. The van der Waals surface area contributed by atoms with E-state index in [1.54, 1.807) is 25.7 Å². The smallest absolute Gasteiger partial charge is 0.408 e. The lowest BCUT2D eigenvalue weighted by Gasteiger charge is -2.33. The Labute approximate surface area is 160 Å². The molecule has 1 aliphatic heterocycles. The predicted octanol–water partition coefficient (Wildman–Crippen LogP) is 1.85. The van der Waals surface area contributed by atoms with Crippen molar-refractivity contribution in [3.63, 3.8) is 0 Å². The first-order valence-electron chi connectivity index (χ1n) is 9.27. The zero-order chi connectivity index (χ0) is 20.0. The largest absolute Gasteiger partial charge is 0.444 e. The van der Waals surface area contributed by atoms with E-state index in [1.165, 1.54) is 0 Å². The number of rotatable bonds is 5. The van der Waals surface area contributed by atoms with Gasteiger partial charge < -0.3 is 20.7 Å². The summed E-state index contributed by atoms with van der Waals surface area (Å²) in [5.41, 5.74) is 5.65. The molecule has 0 aromatic heterocycles. The van der Waals surface area contributed by atoms with Crippen molar-refractivity contribution in [1.82, 2.24) is 10.2 Å². The predicted molar refractivity (Wildman–Crippen MR) is 102 cm³/mol. The van der Waals surface area contributed by atoms with Gasteiger partial charge in [-0.1, -0.05) is 30.3 Å². The minimum absolute atomic E-state index is 0.173. The van der Waals surface area contributed by atoms with Gasteiger partial charge in [0.05, 0.1) is 0 Å². The molecule has 0 saturated carbocycles. The van der Waals surface area contributed by atoms with E-state index in [-0.39, 0.29) is 17.7 Å². The Morgan fingerprint density at radius 1 is 1.19 bits per heavy atom. The molecule has 148 valence electrons. The summed E-state index contributed by atoms with van der Waals surface area (Å²) in [6.07, 6.45) is 0.843. The number of likely N-dealkylation sites (tertiary alicyclic amines) is 1. The normalized spacial score (nSPS) is 16.5. The molecule has 1 aliphatic rings. The number of nitrogens with zero attached hydrogens (tertiary/aromatic N) is 1. The van der Waals surface area contributed by atoms with Gasteiger partial charge >= 0.3 is 6.09 Å². The van der Waals surface area contributed by atoms with E-state index in [1.807, 2.05) is 30.3 Å². The fourth-order valence-corrected chi connectivity index (χ4v) is 3.10. The van der Waals surface area contributed by atoms with Crippen molar-refractivity contribution in [2.45, 2.75) is 51.7 Å². The molecule has 1 aromatic carbocycles. The van der Waals surface area contributed by atoms with Crippen LogP contribution in [0.5, 0.6) is 0 Å². The summed E-state index contributed by atoms with van der Waals surface area (Å²) in [6, 6.07) is 8.78. The summed E-state index contributed by atoms with van der Waals surface area (Å²) in [4.78, 5) is 38.3. The first-order chi connectivity index (χ1) is 12.7. The van der Waals surface area contributed by atoms with Crippen LogP contribution >= 0.6 is 0 Å². The second-order valence-corrected chi connectivity index (χ2v) is 7.89. The third-order valence-corrected chi connectivity index (χ3v) is 4.48. The molecule has 0 bridgehead atoms. The molecule has 1 aromatic rings. The number of nitrogens with one attached hydrogen (secondary N) is 1. The van der Waals surface area contributed by atoms with Crippen LogP contribution in [0.25, 0.3) is 0 Å². The van der Waals surface area contributed by atoms with Gasteiger partial charge in [0.15, 0.2) is 0 Å². The number of piperidine rings is 1. The first-order valence-corrected chi connectivity index (χ1v) is 9.27. The molecule has 7 nitrogen and oxygen atoms in total. The molecule has 1 atom stereocenters. The van der Waals surface area contributed by atoms with Crippen LogP contribution in [0.3, 0.4) is 0 Å². The summed E-state index contributed by atoms with van der Waals surface area (Å²) >= 11 is 0. The van der Waals surface area contributed by atoms with Gasteiger partial charge in [-0.2, -0.15) is 0 Å². The topological polar surface area (TPSA) is 102 Å². The molecule has 3 amide bonds. The average molecular weight is 375 g/mol. The average Bonchev–Trinajstić information content (AvgIpc) is 2.60. The molecule has 3 N–H and O–H groups in total. The molecule has 1 saturated heterocycles. The van der Waals surface area contributed by atoms with Gasteiger partial charge in [-0.05, 0) is 39.2 Å². The highest BCUT2D eigenvalue weighted by Crippen LogP contribution is 2.18. The SMILES string of the molecule is CC(C)(C)OC(=O)NC(Cc1ccccc1)C(=O)N1CCC(C(N)=O)CC1. The monoisotopic (exact) mass is 375 g/mol. The molecule has 0 spiro atoms. The highest BCUT2D eigenvalue weighted by atomic mass is 16.6. The molecule has 1 fully saturated rings. The van der Waals surface area contributed by atoms with Crippen LogP contribution in [0.4, 0.5) is 4.79 Å². The Morgan fingerprint density at radius 2 is 1.78 bits per heavy atom. The van der Waals surface area contributed by atoms with Crippen molar-refractivity contribution in [2.75, 3.05) is 13.1 Å². The number of hydrogen-bond acceptors (Lipinski definition) is 4. The minimum atomic E-state index is -0.729. The van der Waals surface area contributed by atoms with Crippen molar-refractivity contribution in [3.05, 3.63) is 35.9 Å². The Kier molecular flexibility index (Phi) is 6.82. The van der Waals surface area contributed by atoms with E-state index >= 15 is 0 Å². The van der Waals surface area contributed by atoms with E-state index in [4.69, 9.17) is 10.5 Å². The summed E-state index contributed by atoms with van der Waals surface area (Å²) in [5, 5.41) is 2.71. The lowest BCUT2D eigenvalue weighted by atomic mass is 9.95. The zero-order valence-corrected chi connectivity index (χ0v) is 16.2. The maximum atomic E-state index is 13.0. The maximum Gasteiger partial charge on any atom is 0.408 e. The Balaban J connectivity index is 2.07. The summed E-state index contributed by atoms with van der Waals surface area (Å²) < 4.78 is 5.31. The Hall–Kier alpha value is -2.57. The number of hydrogen-bond donors (Lipinski definition) is 2. The Bertz CT molecular complexity index is 662. The van der Waals surface area contributed by atoms with E-state index in [2.05, 4.69) is 5.32 Å². The third-order valence-electron chi connectivity index (χ3n) is 4.48. The summed E-state index contributed by atoms with van der Waals surface area (Å²) in [7, 11) is 0. The standard InChI is InChI=1S/C20H29N3O4/c1-20(2,3)27-19(26)22-16(13-14-7-5-4-6-8-14)18(25)23-11-9-15(10-12-23)17(21)24/h4-8,15-16H,9-13H2,1-3H3,(H2,21,24)(H,22,26). The van der Waals surface area contributed by atoms with Gasteiger partial charge in [0.2, 0.25) is 11.8 Å². The number of primary amides is 1. The highest BCUT2D eigenvalue weighted by Gasteiger charge is 2.32. The van der Waals surface area contributed by atoms with Crippen molar-refractivity contribution in [2.24, 2.45) is 11.7 Å². The quantitative estimate of drug-likeness (QED) is 0.820. The van der Waals surface area contributed by atoms with Gasteiger partial charge in [-0.3, -0.25) is 9.59 Å². The van der Waals surface area contributed by atoms with Gasteiger partial charge in [-0.25, -0.2) is 4.79 Å².